The molecule has 9 rings (SSSR count). The Morgan fingerprint density at radius 3 is 1.70 bits per heavy atom. The highest BCUT2D eigenvalue weighted by Gasteiger charge is 2.29. The molecule has 0 amide bonds. The lowest BCUT2D eigenvalue weighted by Gasteiger charge is -2.27. The van der Waals surface area contributed by atoms with Crippen LogP contribution in [0.2, 0.25) is 0 Å². The Kier molecular flexibility index (Phi) is 9.80. The summed E-state index contributed by atoms with van der Waals surface area (Å²) in [6, 6.07) is 61.8. The molecular formula is C56H49N3O. The Morgan fingerprint density at radius 1 is 0.450 bits per heavy atom. The van der Waals surface area contributed by atoms with Crippen molar-refractivity contribution < 1.29 is 5.11 Å². The van der Waals surface area contributed by atoms with Gasteiger partial charge in [0, 0.05) is 28.5 Å². The molecule has 0 bridgehead atoms. The van der Waals surface area contributed by atoms with Crippen LogP contribution >= 0.6 is 0 Å². The number of phenols is 1. The predicted octanol–water partition coefficient (Wildman–Crippen LogP) is 14.7. The third-order valence-corrected chi connectivity index (χ3v) is 11.5. The van der Waals surface area contributed by atoms with Crippen molar-refractivity contribution in [1.29, 1.82) is 0 Å². The summed E-state index contributed by atoms with van der Waals surface area (Å²) in [6.45, 7) is 13.2. The molecule has 0 fully saturated rings. The van der Waals surface area contributed by atoms with Gasteiger partial charge in [0.2, 0.25) is 0 Å². The second-order valence-electron chi connectivity index (χ2n) is 17.7. The molecule has 0 saturated carbocycles. The third-order valence-electron chi connectivity index (χ3n) is 11.5. The van der Waals surface area contributed by atoms with Crippen LogP contribution in [-0.4, -0.2) is 19.6 Å². The normalized spacial score (nSPS) is 11.9. The number of aromatic hydroxyl groups is 1. The van der Waals surface area contributed by atoms with Crippen LogP contribution in [0.25, 0.3) is 83.9 Å². The van der Waals surface area contributed by atoms with Crippen LogP contribution in [0.4, 0.5) is 0 Å². The van der Waals surface area contributed by atoms with Crippen molar-refractivity contribution in [3.63, 3.8) is 0 Å². The van der Waals surface area contributed by atoms with E-state index in [0.717, 1.165) is 83.6 Å². The van der Waals surface area contributed by atoms with Crippen molar-refractivity contribution in [2.45, 2.75) is 52.4 Å². The molecule has 0 aliphatic rings. The van der Waals surface area contributed by atoms with E-state index in [1.165, 1.54) is 0 Å². The molecule has 60 heavy (non-hydrogen) atoms. The van der Waals surface area contributed by atoms with Crippen molar-refractivity contribution in [1.82, 2.24) is 14.5 Å². The number of aromatic nitrogens is 3. The fourth-order valence-electron chi connectivity index (χ4n) is 8.22. The van der Waals surface area contributed by atoms with E-state index in [1.807, 2.05) is 24.4 Å². The zero-order valence-corrected chi connectivity index (χ0v) is 35.1. The Bertz CT molecular complexity index is 2920. The fraction of sp³-hybridized carbons (Fsp3) is 0.143. The molecule has 1 N–H and O–H groups in total. The van der Waals surface area contributed by atoms with E-state index in [9.17, 15) is 5.11 Å². The van der Waals surface area contributed by atoms with Crippen LogP contribution in [0.1, 0.15) is 52.7 Å². The molecule has 0 saturated heterocycles. The number of rotatable bonds is 7. The first kappa shape index (κ1) is 38.5. The number of nitrogens with zero attached hydrogens (tertiary/aromatic N) is 3. The van der Waals surface area contributed by atoms with Crippen LogP contribution in [-0.2, 0) is 10.8 Å². The molecule has 4 nitrogen and oxygen atoms in total. The summed E-state index contributed by atoms with van der Waals surface area (Å²) >= 11 is 0. The Morgan fingerprint density at radius 2 is 1.07 bits per heavy atom. The van der Waals surface area contributed by atoms with Crippen LogP contribution in [0.15, 0.2) is 182 Å². The lowest BCUT2D eigenvalue weighted by atomic mass is 9.79. The van der Waals surface area contributed by atoms with E-state index in [2.05, 4.69) is 204 Å². The van der Waals surface area contributed by atoms with Gasteiger partial charge in [-0.25, -0.2) is 4.98 Å². The summed E-state index contributed by atoms with van der Waals surface area (Å²) < 4.78 is 2.27. The Hall–Kier alpha value is -7.04. The van der Waals surface area contributed by atoms with Gasteiger partial charge in [-0.05, 0) is 104 Å². The highest BCUT2D eigenvalue weighted by molar-refractivity contribution is 5.98. The summed E-state index contributed by atoms with van der Waals surface area (Å²) in [5, 5.41) is 12.5. The van der Waals surface area contributed by atoms with Gasteiger partial charge in [0.15, 0.2) is 0 Å². The largest absolute Gasteiger partial charge is 0.507 e. The fourth-order valence-corrected chi connectivity index (χ4v) is 8.22. The molecule has 0 atom stereocenters. The van der Waals surface area contributed by atoms with Crippen molar-refractivity contribution in [2.75, 3.05) is 0 Å². The van der Waals surface area contributed by atoms with Gasteiger partial charge >= 0.3 is 0 Å². The molecule has 0 spiro atoms. The molecule has 0 aliphatic carbocycles. The predicted molar refractivity (Wildman–Crippen MR) is 251 cm³/mol. The van der Waals surface area contributed by atoms with Gasteiger partial charge in [-0.2, -0.15) is 0 Å². The highest BCUT2D eigenvalue weighted by Crippen LogP contribution is 2.46. The number of pyridine rings is 1. The number of phenolic OH excluding ortho intramolecular Hbond substituents is 1. The van der Waals surface area contributed by atoms with Gasteiger partial charge in [0.05, 0.1) is 28.0 Å². The average molecular weight is 780 g/mol. The summed E-state index contributed by atoms with van der Waals surface area (Å²) in [4.78, 5) is 10.4. The average Bonchev–Trinajstić information content (AvgIpc) is 3.66. The summed E-state index contributed by atoms with van der Waals surface area (Å²) in [5.74, 6) is 0.930. The van der Waals surface area contributed by atoms with Crippen LogP contribution < -0.4 is 0 Å². The molecule has 2 aromatic heterocycles. The highest BCUT2D eigenvalue weighted by atomic mass is 16.3. The Balaban J connectivity index is 1.39. The second kappa shape index (κ2) is 15.3. The molecule has 0 radical (unpaired) electrons. The number of hydrogen-bond acceptors (Lipinski definition) is 3. The molecule has 294 valence electrons. The maximum Gasteiger partial charge on any atom is 0.149 e. The number of benzene rings is 7. The first-order valence-electron chi connectivity index (χ1n) is 20.7. The van der Waals surface area contributed by atoms with Crippen molar-refractivity contribution in [3.05, 3.63) is 193 Å². The van der Waals surface area contributed by atoms with Gasteiger partial charge in [0.1, 0.15) is 11.6 Å². The SMILES string of the molecule is CC(C)(C)c1cc(-c2nc3c(-c4cc(-c5ccccc5)cc(-c5ccccn5)c4)cccc3n2-c2ccc(-c3ccccc3)cc2-c2ccccc2)c(O)c(C(C)(C)C)c1. The lowest BCUT2D eigenvalue weighted by Crippen LogP contribution is -2.17. The van der Waals surface area contributed by atoms with Crippen molar-refractivity contribution in [3.8, 4) is 78.6 Å². The van der Waals surface area contributed by atoms with Crippen LogP contribution in [0.3, 0.4) is 0 Å². The van der Waals surface area contributed by atoms with E-state index >= 15 is 0 Å². The number of fused-ring (bicyclic) bond motifs is 1. The summed E-state index contributed by atoms with van der Waals surface area (Å²) in [5.41, 5.74) is 15.6. The summed E-state index contributed by atoms with van der Waals surface area (Å²) in [6.07, 6.45) is 1.84. The van der Waals surface area contributed by atoms with E-state index in [4.69, 9.17) is 9.97 Å². The molecule has 4 heteroatoms. The smallest absolute Gasteiger partial charge is 0.149 e. The van der Waals surface area contributed by atoms with Crippen LogP contribution in [0, 0.1) is 0 Å². The quantitative estimate of drug-likeness (QED) is 0.175. The monoisotopic (exact) mass is 779 g/mol. The maximum atomic E-state index is 12.5. The van der Waals surface area contributed by atoms with E-state index in [1.54, 1.807) is 0 Å². The standard InChI is InChI=1S/C56H49N3O/c1-55(2,3)44-35-47(53(60)48(36-44)56(4,5)6)54-58-52-45(42-31-41(38-21-12-8-13-22-38)32-43(33-42)49-26-16-17-30-57-49)25-18-27-51(52)59(54)50-29-28-40(37-19-10-7-11-20-37)34-46(50)39-23-14-9-15-24-39/h7-36,60H,1-6H3. The molecule has 9 aromatic rings. The van der Waals surface area contributed by atoms with E-state index in [0.29, 0.717) is 11.4 Å². The number of hydrogen-bond donors (Lipinski definition) is 1. The zero-order chi connectivity index (χ0) is 41.6. The van der Waals surface area contributed by atoms with Crippen LogP contribution in [0.5, 0.6) is 5.75 Å². The minimum atomic E-state index is -0.325. The van der Waals surface area contributed by atoms with E-state index < -0.39 is 0 Å². The first-order valence-corrected chi connectivity index (χ1v) is 20.7. The topological polar surface area (TPSA) is 50.9 Å². The minimum absolute atomic E-state index is 0.184. The van der Waals surface area contributed by atoms with Gasteiger partial charge in [-0.3, -0.25) is 9.55 Å². The lowest BCUT2D eigenvalue weighted by molar-refractivity contribution is 0.446. The first-order chi connectivity index (χ1) is 28.9. The van der Waals surface area contributed by atoms with Crippen molar-refractivity contribution >= 4 is 11.0 Å². The number of para-hydroxylation sites is 1. The van der Waals surface area contributed by atoms with Gasteiger partial charge in [-0.15, -0.1) is 0 Å². The van der Waals surface area contributed by atoms with Crippen molar-refractivity contribution in [2.24, 2.45) is 0 Å². The Labute approximate surface area is 353 Å². The zero-order valence-electron chi connectivity index (χ0n) is 35.1. The third kappa shape index (κ3) is 7.30. The van der Waals surface area contributed by atoms with Gasteiger partial charge < -0.3 is 5.11 Å². The molecule has 0 unspecified atom stereocenters. The molecule has 2 heterocycles. The minimum Gasteiger partial charge on any atom is -0.507 e. The second-order valence-corrected chi connectivity index (χ2v) is 17.7. The van der Waals surface area contributed by atoms with Gasteiger partial charge in [0.25, 0.3) is 0 Å². The molecule has 0 aliphatic heterocycles. The number of imidazole rings is 1. The maximum absolute atomic E-state index is 12.5. The van der Waals surface area contributed by atoms with Gasteiger partial charge in [-0.1, -0.05) is 163 Å². The summed E-state index contributed by atoms with van der Waals surface area (Å²) in [7, 11) is 0. The molecule has 7 aromatic carbocycles. The molecular weight excluding hydrogens is 731 g/mol. The van der Waals surface area contributed by atoms with E-state index in [-0.39, 0.29) is 16.6 Å².